The lowest BCUT2D eigenvalue weighted by Gasteiger charge is -2.27. The lowest BCUT2D eigenvalue weighted by molar-refractivity contribution is -0.138. The maximum absolute atomic E-state index is 13.3. The minimum Gasteiger partial charge on any atom is -0.508 e. The summed E-state index contributed by atoms with van der Waals surface area (Å²) >= 11 is 0. The molecule has 618 valence electrons. The van der Waals surface area contributed by atoms with Gasteiger partial charge in [-0.3, -0.25) is 0 Å². The number of aromatic nitrogens is 12. The number of rotatable bonds is 42. The van der Waals surface area contributed by atoms with Crippen molar-refractivity contribution < 1.29 is 74.7 Å². The highest BCUT2D eigenvalue weighted by molar-refractivity contribution is 5.88. The van der Waals surface area contributed by atoms with Crippen molar-refractivity contribution in [2.24, 2.45) is 0 Å². The Balaban J connectivity index is 0.918. The number of hydrogen-bond donors (Lipinski definition) is 21. The Bertz CT molecular complexity index is 5300. The van der Waals surface area contributed by atoms with Crippen molar-refractivity contribution in [3.8, 4) is 17.2 Å². The Kier molecular flexibility index (Phi) is 25.8. The Morgan fingerprint density at radius 3 is 0.708 bits per heavy atom. The lowest BCUT2D eigenvalue weighted by atomic mass is 9.83. The molecule has 6 aromatic heterocycles. The fourth-order valence-electron chi connectivity index (χ4n) is 14.6. The SMILES string of the molecule is CCc1c(CNc2nc(N[C@@H](Cc3ccc(O)cc3)C(=O)O)nc(N[C@@H](Cc3c[nH]c4ccccc34)C(=O)O)n2)c(CC)c(CNc2nc(N[C@@H](Cc3ccc(O)cc3)C(=O)O)nc(N[C@@H](Cc3c[nH]c4ccccc34)C(=O)O)n2)c(CC)c1CNc1nc(N[C@@H](Cc2ccc(O)cc2)C(=O)O)nc(N[C@@H](Cc2c[nH]c3ccccc23)C(=O)O)n1. The zero-order chi connectivity index (χ0) is 84.7. The predicted octanol–water partition coefficient (Wildman–Crippen LogP) is 9.97. The topological polar surface area (TPSA) is 556 Å². The molecule has 0 radical (unpaired) electrons. The van der Waals surface area contributed by atoms with E-state index < -0.39 is 72.1 Å². The zero-order valence-electron chi connectivity index (χ0n) is 65.0. The average Bonchev–Trinajstić information content (AvgIpc) is 0.954. The summed E-state index contributed by atoms with van der Waals surface area (Å²) in [7, 11) is 0. The molecule has 6 heterocycles. The maximum atomic E-state index is 13.3. The van der Waals surface area contributed by atoms with Crippen LogP contribution in [0.4, 0.5) is 53.5 Å². The van der Waals surface area contributed by atoms with Gasteiger partial charge in [0.25, 0.3) is 0 Å². The number of aliphatic carboxylic acids is 6. The number of carbonyl (C=O) groups is 6. The highest BCUT2D eigenvalue weighted by Crippen LogP contribution is 2.35. The Morgan fingerprint density at radius 2 is 0.492 bits per heavy atom. The Labute approximate surface area is 684 Å². The number of H-pyrrole nitrogens is 3. The van der Waals surface area contributed by atoms with E-state index >= 15 is 0 Å². The monoisotopic (exact) mass is 1630 g/mol. The molecule has 0 saturated carbocycles. The Morgan fingerprint density at radius 1 is 0.283 bits per heavy atom. The number of benzene rings is 7. The van der Waals surface area contributed by atoms with Crippen molar-refractivity contribution >= 4 is 122 Å². The van der Waals surface area contributed by atoms with Gasteiger partial charge >= 0.3 is 35.8 Å². The van der Waals surface area contributed by atoms with Crippen molar-refractivity contribution in [3.05, 3.63) is 231 Å². The van der Waals surface area contributed by atoms with Gasteiger partial charge in [0.1, 0.15) is 53.5 Å². The molecule has 0 aliphatic carbocycles. The second-order valence-corrected chi connectivity index (χ2v) is 28.4. The molecule has 0 amide bonds. The number of carboxylic acids is 6. The van der Waals surface area contributed by atoms with E-state index in [9.17, 15) is 74.7 Å². The number of anilines is 9. The first-order valence-corrected chi connectivity index (χ1v) is 38.5. The van der Waals surface area contributed by atoms with Gasteiger partial charge in [-0.2, -0.15) is 44.9 Å². The van der Waals surface area contributed by atoms with Gasteiger partial charge in [-0.25, -0.2) is 28.8 Å². The molecule has 120 heavy (non-hydrogen) atoms. The van der Waals surface area contributed by atoms with Crippen LogP contribution in [-0.4, -0.2) is 178 Å². The van der Waals surface area contributed by atoms with E-state index in [0.29, 0.717) is 69.3 Å². The van der Waals surface area contributed by atoms with Crippen molar-refractivity contribution in [1.82, 2.24) is 59.8 Å². The summed E-state index contributed by atoms with van der Waals surface area (Å²) in [6.07, 6.45) is 5.51. The van der Waals surface area contributed by atoms with Crippen LogP contribution in [0, 0.1) is 0 Å². The first-order chi connectivity index (χ1) is 57.9. The lowest BCUT2D eigenvalue weighted by Crippen LogP contribution is -2.34. The molecule has 6 atom stereocenters. The van der Waals surface area contributed by atoms with Gasteiger partial charge in [0, 0.05) is 109 Å². The number of para-hydroxylation sites is 3. The van der Waals surface area contributed by atoms with Crippen molar-refractivity contribution in [3.63, 3.8) is 0 Å². The largest absolute Gasteiger partial charge is 0.508 e. The molecule has 7 aromatic carbocycles. The van der Waals surface area contributed by atoms with Crippen LogP contribution in [0.3, 0.4) is 0 Å². The van der Waals surface area contributed by atoms with Crippen LogP contribution in [0.2, 0.25) is 0 Å². The molecule has 13 aromatic rings. The van der Waals surface area contributed by atoms with E-state index in [1.165, 1.54) is 36.4 Å². The second kappa shape index (κ2) is 37.5. The van der Waals surface area contributed by atoms with Crippen LogP contribution in [0.5, 0.6) is 17.2 Å². The van der Waals surface area contributed by atoms with Crippen molar-refractivity contribution in [2.75, 3.05) is 47.9 Å². The summed E-state index contributed by atoms with van der Waals surface area (Å²) in [4.78, 5) is 131. The number of carboxylic acid groups (broad SMARTS) is 6. The molecule has 0 bridgehead atoms. The van der Waals surface area contributed by atoms with E-state index in [1.807, 2.05) is 93.6 Å². The molecular formula is C84H87N21O15. The minimum atomic E-state index is -1.39. The molecule has 0 spiro atoms. The summed E-state index contributed by atoms with van der Waals surface area (Å²) < 4.78 is 0. The van der Waals surface area contributed by atoms with E-state index in [0.717, 1.165) is 49.4 Å². The van der Waals surface area contributed by atoms with E-state index in [4.69, 9.17) is 29.9 Å². The highest BCUT2D eigenvalue weighted by Gasteiger charge is 2.31. The fraction of sp³-hybridized carbons (Fsp3) is 0.250. The predicted molar refractivity (Wildman–Crippen MR) is 448 cm³/mol. The van der Waals surface area contributed by atoms with Gasteiger partial charge in [-0.05, 0) is 141 Å². The first-order valence-electron chi connectivity index (χ1n) is 38.5. The van der Waals surface area contributed by atoms with Crippen LogP contribution in [-0.2, 0) is 106 Å². The summed E-state index contributed by atoms with van der Waals surface area (Å²) in [5.41, 5.74) is 10.1. The molecule has 0 aliphatic rings. The van der Waals surface area contributed by atoms with Gasteiger partial charge < -0.3 is 109 Å². The van der Waals surface area contributed by atoms with Crippen molar-refractivity contribution in [1.29, 1.82) is 0 Å². The third kappa shape index (κ3) is 20.4. The standard InChI is InChI=1S/C84H87N21O15/c1-4-52-58(40-88-76-97-79(91-64(70(109)110)31-43-19-25-49(106)26-20-43)103-82(100-76)94-67(73(115)116)34-46-37-85-61-16-10-7-13-55(46)61)53(5-2)60(42-90-78-99-81(93-66(72(113)114)33-45-23-29-51(108)30-24-45)105-84(102-78)96-69(75(119)120)36-48-39-87-63-18-12-9-15-57(48)63)54(6-3)59(52)41-89-77-98-80(92-65(71(111)112)32-44-21-27-50(107)28-22-44)104-83(101-77)95-68(74(117)118)35-47-38-86-62-17-11-8-14-56(47)62/h7-30,37-39,64-69,85-87,106-108H,4-6,31-36,40-42H2,1-3H3,(H,109,110)(H,111,112)(H,113,114)(H,115,116)(H,117,118)(H,119,120)(H3,88,91,94,97,100,103)(H3,89,92,95,98,101,104)(H3,90,93,96,99,102,105)/t64-,65-,66-,67-,68-,69-/m0/s1. The van der Waals surface area contributed by atoms with Gasteiger partial charge in [0.15, 0.2) is 0 Å². The van der Waals surface area contributed by atoms with Crippen LogP contribution in [0.25, 0.3) is 32.7 Å². The third-order valence-corrected chi connectivity index (χ3v) is 20.5. The Hall–Kier alpha value is -15.4. The van der Waals surface area contributed by atoms with Crippen LogP contribution >= 0.6 is 0 Å². The minimum absolute atomic E-state index is 0.0414. The average molecular weight is 1630 g/mol. The number of aromatic hydroxyl groups is 3. The summed E-state index contributed by atoms with van der Waals surface area (Å²) in [5.74, 6) is -9.88. The third-order valence-electron chi connectivity index (χ3n) is 20.5. The molecule has 0 fully saturated rings. The first kappa shape index (κ1) is 82.6. The second-order valence-electron chi connectivity index (χ2n) is 28.4. The van der Waals surface area contributed by atoms with Crippen LogP contribution in [0.1, 0.15) is 87.5 Å². The van der Waals surface area contributed by atoms with Gasteiger partial charge in [-0.1, -0.05) is 112 Å². The van der Waals surface area contributed by atoms with Crippen molar-refractivity contribution in [2.45, 2.75) is 134 Å². The van der Waals surface area contributed by atoms with E-state index in [-0.39, 0.29) is 129 Å². The van der Waals surface area contributed by atoms with Gasteiger partial charge in [-0.15, -0.1) is 0 Å². The number of aromatic amines is 3. The molecule has 21 N–H and O–H groups in total. The van der Waals surface area contributed by atoms with Gasteiger partial charge in [0.05, 0.1) is 0 Å². The summed E-state index contributed by atoms with van der Waals surface area (Å²) in [6, 6.07) is 31.7. The molecule has 0 saturated heterocycles. The molecule has 13 rings (SSSR count). The van der Waals surface area contributed by atoms with E-state index in [2.05, 4.69) is 77.8 Å². The normalized spacial score (nSPS) is 12.8. The van der Waals surface area contributed by atoms with Gasteiger partial charge in [0.2, 0.25) is 53.5 Å². The molecule has 36 nitrogen and oxygen atoms in total. The summed E-state index contributed by atoms with van der Waals surface area (Å²) in [5, 5.41) is 125. The smallest absolute Gasteiger partial charge is 0.326 e. The fourth-order valence-corrected chi connectivity index (χ4v) is 14.6. The van der Waals surface area contributed by atoms with E-state index in [1.54, 1.807) is 55.0 Å². The summed E-state index contributed by atoms with van der Waals surface area (Å²) in [6.45, 7) is 5.47. The maximum Gasteiger partial charge on any atom is 0.326 e. The van der Waals surface area contributed by atoms with Crippen LogP contribution in [0.15, 0.2) is 164 Å². The number of fused-ring (bicyclic) bond motifs is 3. The van der Waals surface area contributed by atoms with Crippen LogP contribution < -0.4 is 47.9 Å². The number of nitrogens with one attached hydrogen (secondary N) is 12. The number of nitrogens with zero attached hydrogens (tertiary/aromatic N) is 9. The number of phenolic OH excluding ortho intramolecular Hbond substituents is 3. The number of phenols is 3. The highest BCUT2D eigenvalue weighted by atomic mass is 16.4. The molecule has 0 unspecified atom stereocenters. The molecular weight excluding hydrogens is 1540 g/mol. The number of hydrogen-bond acceptors (Lipinski definition) is 27. The molecule has 36 heteroatoms. The quantitative estimate of drug-likeness (QED) is 0.0169. The molecule has 0 aliphatic heterocycles. The zero-order valence-corrected chi connectivity index (χ0v) is 65.0.